The van der Waals surface area contributed by atoms with Gasteiger partial charge in [0.25, 0.3) is 12.3 Å². The van der Waals surface area contributed by atoms with E-state index in [1.807, 2.05) is 4.90 Å². The van der Waals surface area contributed by atoms with Gasteiger partial charge in [-0.05, 0) is 64.3 Å². The Morgan fingerprint density at radius 2 is 1.51 bits per heavy atom. The number of alkyl halides is 5. The summed E-state index contributed by atoms with van der Waals surface area (Å²) in [7, 11) is 0.500. The number of hydrogen-bond donors (Lipinski definition) is 1. The third-order valence-electron chi connectivity index (χ3n) is 7.46. The van der Waals surface area contributed by atoms with Gasteiger partial charge in [0, 0.05) is 51.5 Å². The van der Waals surface area contributed by atoms with Crippen molar-refractivity contribution in [3.05, 3.63) is 59.7 Å². The van der Waals surface area contributed by atoms with E-state index in [1.165, 1.54) is 12.4 Å². The second kappa shape index (κ2) is 18.0. The first-order valence-corrected chi connectivity index (χ1v) is 15.9. The third-order valence-corrected chi connectivity index (χ3v) is 7.46. The maximum atomic E-state index is 13.5. The van der Waals surface area contributed by atoms with Gasteiger partial charge in [0.15, 0.2) is 0 Å². The van der Waals surface area contributed by atoms with Gasteiger partial charge in [-0.2, -0.15) is 13.8 Å². The molecule has 2 amide bonds. The quantitative estimate of drug-likeness (QED) is 0.275. The van der Waals surface area contributed by atoms with Crippen molar-refractivity contribution in [3.63, 3.8) is 0 Å². The highest BCUT2D eigenvalue weighted by atomic mass is 19.3. The lowest BCUT2D eigenvalue weighted by Gasteiger charge is -2.37. The Hall–Kier alpha value is -4.71. The van der Waals surface area contributed by atoms with Crippen molar-refractivity contribution in [2.24, 2.45) is 0 Å². The zero-order valence-corrected chi connectivity index (χ0v) is 28.8. The van der Waals surface area contributed by atoms with Crippen molar-refractivity contribution in [1.82, 2.24) is 30.3 Å². The first-order valence-electron chi connectivity index (χ1n) is 15.9. The highest BCUT2D eigenvalue weighted by Crippen LogP contribution is 2.28. The summed E-state index contributed by atoms with van der Waals surface area (Å²) < 4.78 is 97.4. The molecule has 2 fully saturated rings. The van der Waals surface area contributed by atoms with Crippen molar-refractivity contribution in [3.8, 4) is 0 Å². The molecule has 1 atom stereocenters. The number of carbonyl (C=O) groups is 2. The molecule has 2 aromatic heterocycles. The van der Waals surface area contributed by atoms with E-state index in [0.717, 1.165) is 29.2 Å². The monoisotopic (exact) mass is 734 g/mol. The molecule has 19 heteroatoms. The van der Waals surface area contributed by atoms with Gasteiger partial charge in [-0.15, -0.1) is 0 Å². The van der Waals surface area contributed by atoms with Crippen LogP contribution in [0.25, 0.3) is 0 Å². The fourth-order valence-corrected chi connectivity index (χ4v) is 5.16. The largest absolute Gasteiger partial charge is 0.444 e. The van der Waals surface area contributed by atoms with Gasteiger partial charge < -0.3 is 29.3 Å². The zero-order valence-electron chi connectivity index (χ0n) is 28.8. The summed E-state index contributed by atoms with van der Waals surface area (Å²) in [5, 5.41) is 6.12. The lowest BCUT2D eigenvalue weighted by atomic mass is 10.0. The van der Waals surface area contributed by atoms with Crippen LogP contribution in [0.2, 0.25) is 0 Å². The number of carbonyl (C=O) groups excluding carboxylic acids is 2. The Balaban J connectivity index is 0.000000610. The van der Waals surface area contributed by atoms with Gasteiger partial charge in [0.05, 0.1) is 25.3 Å². The average Bonchev–Trinajstić information content (AvgIpc) is 3.76. The Morgan fingerprint density at radius 3 is 2.00 bits per heavy atom. The minimum Gasteiger partial charge on any atom is -0.444 e. The second-order valence-electron chi connectivity index (χ2n) is 12.6. The number of aromatic nitrogens is 4. The molecule has 2 aliphatic rings. The van der Waals surface area contributed by atoms with E-state index in [1.54, 1.807) is 25.7 Å². The Bertz CT molecular complexity index is 1510. The van der Waals surface area contributed by atoms with E-state index in [0.29, 0.717) is 39.6 Å². The summed E-state index contributed by atoms with van der Waals surface area (Å²) >= 11 is 0. The molecule has 0 radical (unpaired) electrons. The van der Waals surface area contributed by atoms with Crippen LogP contribution in [0, 0.1) is 11.6 Å². The summed E-state index contributed by atoms with van der Waals surface area (Å²) in [4.78, 5) is 42.1. The molecule has 2 aliphatic heterocycles. The molecule has 282 valence electrons. The van der Waals surface area contributed by atoms with Crippen molar-refractivity contribution in [2.75, 3.05) is 49.7 Å². The van der Waals surface area contributed by atoms with E-state index in [-0.39, 0.29) is 43.6 Å². The summed E-state index contributed by atoms with van der Waals surface area (Å²) in [5.41, 5.74) is -0.553. The number of alkyl carbamates (subject to hydrolysis) is 1. The van der Waals surface area contributed by atoms with Crippen molar-refractivity contribution in [1.29, 1.82) is 0 Å². The number of hydrogen-bond acceptors (Lipinski definition) is 10. The molecular weight excluding hydrogens is 693 g/mol. The lowest BCUT2D eigenvalue weighted by molar-refractivity contribution is 0.00556. The molecule has 5 rings (SSSR count). The fourth-order valence-electron chi connectivity index (χ4n) is 5.16. The van der Waals surface area contributed by atoms with Crippen LogP contribution >= 0.6 is 0 Å². The van der Waals surface area contributed by atoms with Gasteiger partial charge in [-0.1, -0.05) is 5.16 Å². The molecular formula is C32H41F7N8O4. The lowest BCUT2D eigenvalue weighted by Crippen LogP contribution is -2.49. The third kappa shape index (κ3) is 12.5. The summed E-state index contributed by atoms with van der Waals surface area (Å²) in [6.07, 6.45) is 0.558. The number of nitrogens with one attached hydrogen (secondary N) is 1. The van der Waals surface area contributed by atoms with E-state index >= 15 is 0 Å². The van der Waals surface area contributed by atoms with Crippen LogP contribution in [0.15, 0.2) is 41.2 Å². The van der Waals surface area contributed by atoms with E-state index < -0.39 is 60.0 Å². The molecule has 0 spiro atoms. The van der Waals surface area contributed by atoms with Crippen LogP contribution in [0.5, 0.6) is 0 Å². The summed E-state index contributed by atoms with van der Waals surface area (Å²) in [6, 6.07) is 3.54. The van der Waals surface area contributed by atoms with E-state index in [9.17, 15) is 40.3 Å². The van der Waals surface area contributed by atoms with Crippen LogP contribution in [-0.2, 0) is 10.7 Å². The minimum absolute atomic E-state index is 0.0613. The summed E-state index contributed by atoms with van der Waals surface area (Å²) in [6.45, 7) is 6.72. The molecule has 0 aliphatic carbocycles. The molecule has 2 saturated heterocycles. The first-order chi connectivity index (χ1) is 24.0. The topological polar surface area (TPSA) is 130 Å². The Morgan fingerprint density at radius 1 is 0.961 bits per heavy atom. The van der Waals surface area contributed by atoms with Gasteiger partial charge in [0.2, 0.25) is 11.8 Å². The van der Waals surface area contributed by atoms with Crippen LogP contribution in [0.4, 0.5) is 47.5 Å². The first kappa shape index (κ1) is 40.7. The van der Waals surface area contributed by atoms with Crippen LogP contribution in [0.3, 0.4) is 0 Å². The average molecular weight is 735 g/mol. The number of anilines is 2. The number of piperidine rings is 1. The number of halogens is 7. The maximum absolute atomic E-state index is 13.5. The number of rotatable bonds is 8. The van der Waals surface area contributed by atoms with Crippen molar-refractivity contribution in [2.45, 2.75) is 77.0 Å². The fraction of sp³-hybridized carbons (Fsp3) is 0.562. The van der Waals surface area contributed by atoms with Gasteiger partial charge in [-0.25, -0.2) is 32.3 Å². The zero-order chi connectivity index (χ0) is 37.9. The van der Waals surface area contributed by atoms with Crippen molar-refractivity contribution >= 4 is 24.0 Å². The maximum Gasteiger partial charge on any atom is 0.407 e. The normalized spacial score (nSPS) is 16.5. The van der Waals surface area contributed by atoms with E-state index in [4.69, 9.17) is 9.26 Å². The molecule has 3 aromatic rings. The molecule has 0 saturated carbocycles. The molecule has 1 unspecified atom stereocenters. The second-order valence-corrected chi connectivity index (χ2v) is 12.6. The van der Waals surface area contributed by atoms with Gasteiger partial charge in [0.1, 0.15) is 17.2 Å². The Labute approximate surface area is 290 Å². The van der Waals surface area contributed by atoms with Crippen molar-refractivity contribution < 1.29 is 49.6 Å². The standard InChI is InChI=1S/C25H34F4N8O4.C6H4F2.CH3F/c1-24(2,3)40-23(39)32-16-5-8-36(13-16)21-30-11-15(12-31-21)19(38)37(14-18(26)27)17-6-9-35(10-7-17)22-33-20(34-41-22)25(4,28)29;7-5-1-2-6(8)4-3-5;1-2/h11-12,16-18H,5-10,13-14H2,1-4H3,(H,32,39);1-4H;1H3. The van der Waals surface area contributed by atoms with Crippen LogP contribution in [0.1, 0.15) is 63.1 Å². The number of benzene rings is 1. The summed E-state index contributed by atoms with van der Waals surface area (Å²) in [5.74, 6) is -5.10. The van der Waals surface area contributed by atoms with Gasteiger partial charge >= 0.3 is 18.0 Å². The molecule has 51 heavy (non-hydrogen) atoms. The predicted molar refractivity (Wildman–Crippen MR) is 172 cm³/mol. The number of ether oxygens (including phenoxy) is 1. The van der Waals surface area contributed by atoms with Crippen LogP contribution in [-0.4, -0.2) is 101 Å². The molecule has 1 N–H and O–H groups in total. The highest BCUT2D eigenvalue weighted by Gasteiger charge is 2.35. The number of amides is 2. The van der Waals surface area contributed by atoms with Gasteiger partial charge in [-0.3, -0.25) is 9.18 Å². The Kier molecular flexibility index (Phi) is 14.4. The molecule has 1 aromatic carbocycles. The highest BCUT2D eigenvalue weighted by molar-refractivity contribution is 5.94. The molecule has 4 heterocycles. The predicted octanol–water partition coefficient (Wildman–Crippen LogP) is 6.00. The van der Waals surface area contributed by atoms with Crippen LogP contribution < -0.4 is 15.1 Å². The molecule has 12 nitrogen and oxygen atoms in total. The number of nitrogens with zero attached hydrogens (tertiary/aromatic N) is 7. The smallest absolute Gasteiger partial charge is 0.407 e. The SMILES string of the molecule is CC(C)(C)OC(=O)NC1CCN(c2ncc(C(=O)N(CC(F)F)C3CCN(c4nc(C(C)(F)F)no4)CC3)cn2)C1.CF.Fc1ccc(F)cc1. The molecule has 0 bridgehead atoms. The minimum atomic E-state index is -3.26. The van der Waals surface area contributed by atoms with E-state index in [2.05, 4.69) is 25.4 Å².